The number of fused-ring (bicyclic) bond motifs is 1. The highest BCUT2D eigenvalue weighted by Crippen LogP contribution is 2.27. The Hall–Kier alpha value is -3.20. The minimum Gasteiger partial charge on any atom is -0.395 e. The van der Waals surface area contributed by atoms with E-state index in [1.165, 1.54) is 10.8 Å². The fraction of sp³-hybridized carbons (Fsp3) is 0.0476. The number of allylic oxidation sites excluding steroid dienone is 1. The summed E-state index contributed by atoms with van der Waals surface area (Å²) >= 11 is 0. The van der Waals surface area contributed by atoms with E-state index in [1.807, 2.05) is 30.3 Å². The van der Waals surface area contributed by atoms with Crippen molar-refractivity contribution < 1.29 is 0 Å². The smallest absolute Gasteiger partial charge is 0.128 e. The van der Waals surface area contributed by atoms with E-state index in [2.05, 4.69) is 59.2 Å². The molecule has 1 aliphatic heterocycles. The number of para-hydroxylation sites is 1. The molecule has 0 aromatic heterocycles. The first-order valence-electron chi connectivity index (χ1n) is 8.07. The van der Waals surface area contributed by atoms with E-state index in [-0.39, 0.29) is 0 Å². The second-order valence-electron chi connectivity index (χ2n) is 5.84. The first-order chi connectivity index (χ1) is 11.8. The van der Waals surface area contributed by atoms with Gasteiger partial charge in [-0.3, -0.25) is 0 Å². The second-order valence-corrected chi connectivity index (χ2v) is 5.84. The first kappa shape index (κ1) is 14.4. The number of dihydropyridines is 1. The van der Waals surface area contributed by atoms with Crippen LogP contribution in [0.3, 0.4) is 0 Å². The molecule has 118 valence electrons. The average molecular weight is 313 g/mol. The third kappa shape index (κ3) is 2.72. The molecule has 24 heavy (non-hydrogen) atoms. The van der Waals surface area contributed by atoms with Gasteiger partial charge in [0.2, 0.25) is 0 Å². The van der Waals surface area contributed by atoms with Gasteiger partial charge in [-0.05, 0) is 34.5 Å². The molecule has 4 N–H and O–H groups in total. The van der Waals surface area contributed by atoms with Crippen LogP contribution < -0.4 is 16.4 Å². The number of nitrogens with one attached hydrogen (secondary N) is 2. The van der Waals surface area contributed by atoms with E-state index in [9.17, 15) is 0 Å². The number of hydrogen-bond acceptors (Lipinski definition) is 3. The van der Waals surface area contributed by atoms with Crippen LogP contribution in [-0.4, -0.2) is 6.54 Å². The highest BCUT2D eigenvalue weighted by atomic mass is 15.1. The van der Waals surface area contributed by atoms with E-state index in [1.54, 1.807) is 0 Å². The largest absolute Gasteiger partial charge is 0.395 e. The van der Waals surface area contributed by atoms with Crippen molar-refractivity contribution in [2.45, 2.75) is 0 Å². The monoisotopic (exact) mass is 313 g/mol. The van der Waals surface area contributed by atoms with Gasteiger partial charge in [-0.2, -0.15) is 0 Å². The molecule has 0 bridgehead atoms. The van der Waals surface area contributed by atoms with Gasteiger partial charge >= 0.3 is 0 Å². The minimum absolute atomic E-state index is 0.736. The lowest BCUT2D eigenvalue weighted by atomic mass is 9.97. The maximum Gasteiger partial charge on any atom is 0.128 e. The van der Waals surface area contributed by atoms with Crippen molar-refractivity contribution in [1.29, 1.82) is 0 Å². The normalized spacial score (nSPS) is 14.2. The Morgan fingerprint density at radius 2 is 1.58 bits per heavy atom. The Bertz CT molecular complexity index is 939. The van der Waals surface area contributed by atoms with E-state index < -0.39 is 0 Å². The molecule has 1 aliphatic rings. The molecule has 0 saturated heterocycles. The third-order valence-electron chi connectivity index (χ3n) is 4.25. The van der Waals surface area contributed by atoms with Crippen molar-refractivity contribution in [3.63, 3.8) is 0 Å². The van der Waals surface area contributed by atoms with Gasteiger partial charge in [0.15, 0.2) is 0 Å². The zero-order chi connectivity index (χ0) is 16.4. The summed E-state index contributed by atoms with van der Waals surface area (Å²) in [6, 6.07) is 24.9. The minimum atomic E-state index is 0.736. The number of anilines is 1. The van der Waals surface area contributed by atoms with Crippen LogP contribution in [0, 0.1) is 0 Å². The Kier molecular flexibility index (Phi) is 3.67. The lowest BCUT2D eigenvalue weighted by Gasteiger charge is -2.22. The Morgan fingerprint density at radius 1 is 0.833 bits per heavy atom. The van der Waals surface area contributed by atoms with Gasteiger partial charge in [0.25, 0.3) is 0 Å². The third-order valence-corrected chi connectivity index (χ3v) is 4.25. The van der Waals surface area contributed by atoms with Crippen LogP contribution in [0.25, 0.3) is 16.3 Å². The highest BCUT2D eigenvalue weighted by molar-refractivity contribution is 5.89. The Labute approximate surface area is 141 Å². The molecule has 3 nitrogen and oxygen atoms in total. The summed E-state index contributed by atoms with van der Waals surface area (Å²) in [7, 11) is 0. The lowest BCUT2D eigenvalue weighted by molar-refractivity contribution is 0.878. The van der Waals surface area contributed by atoms with Gasteiger partial charge in [0.05, 0.1) is 5.70 Å². The molecule has 0 amide bonds. The van der Waals surface area contributed by atoms with Crippen molar-refractivity contribution in [1.82, 2.24) is 5.32 Å². The fourth-order valence-electron chi connectivity index (χ4n) is 3.00. The molecule has 4 rings (SSSR count). The predicted octanol–water partition coefficient (Wildman–Crippen LogP) is 4.07. The maximum atomic E-state index is 6.43. The van der Waals surface area contributed by atoms with Crippen LogP contribution in [0.15, 0.2) is 90.4 Å². The molecule has 3 aromatic rings. The maximum absolute atomic E-state index is 6.43. The van der Waals surface area contributed by atoms with Crippen LogP contribution in [0.5, 0.6) is 0 Å². The topological polar surface area (TPSA) is 50.1 Å². The lowest BCUT2D eigenvalue weighted by Crippen LogP contribution is -2.28. The molecule has 0 aliphatic carbocycles. The van der Waals surface area contributed by atoms with Crippen molar-refractivity contribution >= 4 is 22.0 Å². The standard InChI is InChI=1S/C21H19N3/c22-20-19(17-11-10-15-6-4-5-7-16(15)14-17)12-13-23-21(20)24-18-8-2-1-3-9-18/h1-12,14,23-24H,13,22H2. The molecule has 0 atom stereocenters. The van der Waals surface area contributed by atoms with E-state index in [0.29, 0.717) is 0 Å². The van der Waals surface area contributed by atoms with E-state index >= 15 is 0 Å². The summed E-state index contributed by atoms with van der Waals surface area (Å²) in [6.07, 6.45) is 2.13. The fourth-order valence-corrected chi connectivity index (χ4v) is 3.00. The van der Waals surface area contributed by atoms with Gasteiger partial charge in [-0.15, -0.1) is 0 Å². The quantitative estimate of drug-likeness (QED) is 0.683. The number of nitrogens with two attached hydrogens (primary N) is 1. The summed E-state index contributed by atoms with van der Waals surface area (Å²) < 4.78 is 0. The molecule has 0 spiro atoms. The molecule has 0 unspecified atom stereocenters. The summed E-state index contributed by atoms with van der Waals surface area (Å²) in [4.78, 5) is 0. The number of rotatable bonds is 3. The van der Waals surface area contributed by atoms with Crippen LogP contribution in [0.4, 0.5) is 5.69 Å². The van der Waals surface area contributed by atoms with Crippen LogP contribution >= 0.6 is 0 Å². The summed E-state index contributed by atoms with van der Waals surface area (Å²) in [5.74, 6) is 0.854. The molecule has 0 radical (unpaired) electrons. The predicted molar refractivity (Wildman–Crippen MR) is 101 cm³/mol. The second kappa shape index (κ2) is 6.13. The van der Waals surface area contributed by atoms with Gasteiger partial charge < -0.3 is 16.4 Å². The highest BCUT2D eigenvalue weighted by Gasteiger charge is 2.15. The number of benzene rings is 3. The molecule has 1 heterocycles. The van der Waals surface area contributed by atoms with Crippen molar-refractivity contribution in [3.8, 4) is 0 Å². The van der Waals surface area contributed by atoms with Gasteiger partial charge in [-0.1, -0.05) is 60.7 Å². The van der Waals surface area contributed by atoms with Crippen molar-refractivity contribution in [3.05, 3.63) is 96.0 Å². The Balaban J connectivity index is 1.70. The van der Waals surface area contributed by atoms with E-state index in [4.69, 9.17) is 5.73 Å². The molecule has 0 saturated carbocycles. The average Bonchev–Trinajstić information content (AvgIpc) is 2.64. The molecule has 3 heteroatoms. The van der Waals surface area contributed by atoms with E-state index in [0.717, 1.165) is 34.9 Å². The van der Waals surface area contributed by atoms with Gasteiger partial charge in [-0.25, -0.2) is 0 Å². The molecule has 0 fully saturated rings. The summed E-state index contributed by atoms with van der Waals surface area (Å²) in [5.41, 5.74) is 10.4. The van der Waals surface area contributed by atoms with Gasteiger partial charge in [0.1, 0.15) is 5.82 Å². The zero-order valence-corrected chi connectivity index (χ0v) is 13.3. The SMILES string of the molecule is NC1=C(Nc2ccccc2)NCC=C1c1ccc2ccccc2c1. The van der Waals surface area contributed by atoms with Crippen LogP contribution in [-0.2, 0) is 0 Å². The first-order valence-corrected chi connectivity index (χ1v) is 8.07. The van der Waals surface area contributed by atoms with Crippen molar-refractivity contribution in [2.75, 3.05) is 11.9 Å². The van der Waals surface area contributed by atoms with Crippen LogP contribution in [0.2, 0.25) is 0 Å². The summed E-state index contributed by atoms with van der Waals surface area (Å²) in [6.45, 7) is 0.748. The molecular weight excluding hydrogens is 294 g/mol. The molecular formula is C21H19N3. The van der Waals surface area contributed by atoms with Gasteiger partial charge in [0, 0.05) is 17.8 Å². The number of hydrogen-bond donors (Lipinski definition) is 3. The van der Waals surface area contributed by atoms with Crippen molar-refractivity contribution in [2.24, 2.45) is 5.73 Å². The Morgan fingerprint density at radius 3 is 2.42 bits per heavy atom. The summed E-state index contributed by atoms with van der Waals surface area (Å²) in [5, 5.41) is 9.15. The molecule has 3 aromatic carbocycles. The van der Waals surface area contributed by atoms with Crippen LogP contribution in [0.1, 0.15) is 5.56 Å². The zero-order valence-electron chi connectivity index (χ0n) is 13.3.